The Bertz CT molecular complexity index is 1880. The van der Waals surface area contributed by atoms with Crippen molar-refractivity contribution in [2.24, 2.45) is 10.9 Å². The van der Waals surface area contributed by atoms with Crippen LogP contribution >= 0.6 is 0 Å². The van der Waals surface area contributed by atoms with Crippen molar-refractivity contribution >= 4 is 12.2 Å². The number of halogens is 2. The predicted octanol–water partition coefficient (Wildman–Crippen LogP) is 7.52. The van der Waals surface area contributed by atoms with Crippen molar-refractivity contribution in [2.45, 2.75) is 44.6 Å². The van der Waals surface area contributed by atoms with Crippen LogP contribution in [0.25, 0.3) is 0 Å². The molecule has 0 saturated heterocycles. The Morgan fingerprint density at radius 1 is 1.00 bits per heavy atom. The maximum Gasteiger partial charge on any atom is 0.312 e. The monoisotopic (exact) mass is 668 g/mol. The smallest absolute Gasteiger partial charge is 0.312 e. The van der Waals surface area contributed by atoms with Crippen LogP contribution in [0.15, 0.2) is 77.9 Å². The molecular weight excluding hydrogens is 634 g/mol. The van der Waals surface area contributed by atoms with Gasteiger partial charge in [0.15, 0.2) is 17.3 Å². The Morgan fingerprint density at radius 2 is 1.80 bits per heavy atom. The van der Waals surface area contributed by atoms with E-state index in [4.69, 9.17) is 23.7 Å². The highest BCUT2D eigenvalue weighted by Crippen LogP contribution is 2.42. The molecule has 0 amide bonds. The number of nitrogens with zero attached hydrogens (tertiary/aromatic N) is 4. The highest BCUT2D eigenvalue weighted by molar-refractivity contribution is 5.73. The van der Waals surface area contributed by atoms with Gasteiger partial charge >= 0.3 is 5.97 Å². The number of carbonyl (C=O) groups excluding carboxylic acids is 1. The first kappa shape index (κ1) is 33.4. The maximum atomic E-state index is 16.0. The third-order valence-electron chi connectivity index (χ3n) is 8.41. The molecule has 0 radical (unpaired) electrons. The second-order valence-corrected chi connectivity index (χ2v) is 11.7. The van der Waals surface area contributed by atoms with Gasteiger partial charge < -0.3 is 23.7 Å². The summed E-state index contributed by atoms with van der Waals surface area (Å²) in [5, 5.41) is 9.47. The van der Waals surface area contributed by atoms with Crippen LogP contribution in [0.5, 0.6) is 34.6 Å². The van der Waals surface area contributed by atoms with E-state index >= 15 is 8.78 Å². The fourth-order valence-electron chi connectivity index (χ4n) is 5.86. The lowest BCUT2D eigenvalue weighted by Crippen LogP contribution is -2.36. The van der Waals surface area contributed by atoms with E-state index < -0.39 is 35.3 Å². The van der Waals surface area contributed by atoms with E-state index in [0.717, 1.165) is 24.6 Å². The van der Waals surface area contributed by atoms with E-state index in [1.165, 1.54) is 25.3 Å². The number of hydrogen-bond acceptors (Lipinski definition) is 10. The van der Waals surface area contributed by atoms with Crippen molar-refractivity contribution in [2.75, 3.05) is 20.7 Å². The number of aliphatic imine (C=N–C) groups is 1. The Kier molecular flexibility index (Phi) is 10.3. The third-order valence-corrected chi connectivity index (χ3v) is 8.41. The molecule has 3 unspecified atom stereocenters. The molecule has 6 rings (SSSR count). The van der Waals surface area contributed by atoms with Crippen LogP contribution in [0.2, 0.25) is 0 Å². The Labute approximate surface area is 282 Å². The SMILES string of the molecule is COC(=O)C1CCCCC1Oc1ccc(Oc2c(F)cnc(Oc3cc(C#N)ccc3OCc3ccccc3)c2F)c(C2N=CCN2C)c1. The largest absolute Gasteiger partial charge is 0.490 e. The van der Waals surface area contributed by atoms with Gasteiger partial charge in [-0.05, 0) is 62.2 Å². The molecule has 0 bridgehead atoms. The molecule has 3 aromatic carbocycles. The molecule has 1 aliphatic carbocycles. The first-order chi connectivity index (χ1) is 23.8. The number of rotatable bonds is 11. The van der Waals surface area contributed by atoms with E-state index in [1.54, 1.807) is 24.4 Å². The minimum absolute atomic E-state index is 0.0102. The zero-order chi connectivity index (χ0) is 34.3. The van der Waals surface area contributed by atoms with Crippen molar-refractivity contribution < 1.29 is 37.3 Å². The summed E-state index contributed by atoms with van der Waals surface area (Å²) in [6.45, 7) is 0.732. The van der Waals surface area contributed by atoms with E-state index in [2.05, 4.69) is 9.98 Å². The topological polar surface area (TPSA) is 116 Å². The molecule has 1 aliphatic heterocycles. The van der Waals surface area contributed by atoms with Crippen LogP contribution in [-0.4, -0.2) is 48.9 Å². The summed E-state index contributed by atoms with van der Waals surface area (Å²) in [5.74, 6) is -3.49. The average Bonchev–Trinajstić information content (AvgIpc) is 3.56. The Morgan fingerprint density at radius 3 is 2.55 bits per heavy atom. The molecule has 1 aromatic heterocycles. The summed E-state index contributed by atoms with van der Waals surface area (Å²) in [6.07, 6.45) is 4.77. The van der Waals surface area contributed by atoms with Crippen LogP contribution < -0.4 is 18.9 Å². The van der Waals surface area contributed by atoms with Crippen LogP contribution in [0, 0.1) is 28.9 Å². The molecule has 1 fully saturated rings. The van der Waals surface area contributed by atoms with Gasteiger partial charge in [-0.3, -0.25) is 14.7 Å². The third kappa shape index (κ3) is 7.63. The van der Waals surface area contributed by atoms with Gasteiger partial charge in [-0.2, -0.15) is 9.65 Å². The Balaban J connectivity index is 1.29. The molecule has 2 aliphatic rings. The highest BCUT2D eigenvalue weighted by atomic mass is 19.1. The molecule has 3 atom stereocenters. The Hall–Kier alpha value is -5.54. The summed E-state index contributed by atoms with van der Waals surface area (Å²) in [7, 11) is 3.22. The molecule has 4 aromatic rings. The second kappa shape index (κ2) is 15.1. The number of hydrogen-bond donors (Lipinski definition) is 0. The van der Waals surface area contributed by atoms with Gasteiger partial charge in [-0.25, -0.2) is 9.37 Å². The summed E-state index contributed by atoms with van der Waals surface area (Å²) < 4.78 is 60.2. The number of nitriles is 1. The lowest BCUT2D eigenvalue weighted by molar-refractivity contribution is -0.150. The molecule has 0 N–H and O–H groups in total. The maximum absolute atomic E-state index is 16.0. The van der Waals surface area contributed by atoms with Gasteiger partial charge in [-0.1, -0.05) is 36.8 Å². The normalized spacial score (nSPS) is 18.8. The molecule has 1 saturated carbocycles. The summed E-state index contributed by atoms with van der Waals surface area (Å²) in [6, 6.07) is 20.7. The number of aromatic nitrogens is 1. The van der Waals surface area contributed by atoms with Crippen LogP contribution in [0.4, 0.5) is 8.78 Å². The molecule has 252 valence electrons. The van der Waals surface area contributed by atoms with Crippen molar-refractivity contribution in [1.29, 1.82) is 5.26 Å². The van der Waals surface area contributed by atoms with Crippen molar-refractivity contribution in [3.63, 3.8) is 0 Å². The highest BCUT2D eigenvalue weighted by Gasteiger charge is 2.34. The molecule has 10 nitrogen and oxygen atoms in total. The molecular formula is C37H34F2N4O6. The quantitative estimate of drug-likeness (QED) is 0.150. The van der Waals surface area contributed by atoms with Gasteiger partial charge in [0, 0.05) is 24.4 Å². The van der Waals surface area contributed by atoms with Gasteiger partial charge in [-0.15, -0.1) is 0 Å². The average molecular weight is 669 g/mol. The van der Waals surface area contributed by atoms with Gasteiger partial charge in [0.1, 0.15) is 30.4 Å². The number of benzene rings is 3. The lowest BCUT2D eigenvalue weighted by Gasteiger charge is -2.30. The van der Waals surface area contributed by atoms with Crippen molar-refractivity contribution in [3.8, 4) is 40.7 Å². The molecule has 12 heteroatoms. The van der Waals surface area contributed by atoms with Gasteiger partial charge in [0.2, 0.25) is 11.6 Å². The number of ether oxygens (including phenoxy) is 5. The first-order valence-electron chi connectivity index (χ1n) is 15.9. The van der Waals surface area contributed by atoms with E-state index in [-0.39, 0.29) is 41.5 Å². The minimum Gasteiger partial charge on any atom is -0.490 e. The summed E-state index contributed by atoms with van der Waals surface area (Å²) in [5.41, 5.74) is 1.61. The standard InChI is InChI=1S/C37H34F2N4O6/c1-43-17-16-41-35(43)27-19-25(47-29-11-7-6-10-26(29)37(44)45-2)13-15-30(27)48-34-28(38)21-42-36(33(34)39)49-32-18-24(20-40)12-14-31(32)46-22-23-8-4-3-5-9-23/h3-5,8-9,12-16,18-19,21,26,29,35H,6-7,10-11,17,22H2,1-2H3. The van der Waals surface area contributed by atoms with Crippen molar-refractivity contribution in [1.82, 2.24) is 9.88 Å². The molecule has 2 heterocycles. The number of esters is 1. The van der Waals surface area contributed by atoms with E-state index in [9.17, 15) is 10.1 Å². The van der Waals surface area contributed by atoms with Gasteiger partial charge in [0.25, 0.3) is 5.88 Å². The van der Waals surface area contributed by atoms with E-state index in [1.807, 2.05) is 48.3 Å². The number of carbonyl (C=O) groups is 1. The molecule has 0 spiro atoms. The van der Waals surface area contributed by atoms with E-state index in [0.29, 0.717) is 30.7 Å². The fraction of sp³-hybridized carbons (Fsp3) is 0.297. The summed E-state index contributed by atoms with van der Waals surface area (Å²) in [4.78, 5) is 22.7. The van der Waals surface area contributed by atoms with Crippen LogP contribution in [-0.2, 0) is 16.1 Å². The predicted molar refractivity (Wildman–Crippen MR) is 175 cm³/mol. The lowest BCUT2D eigenvalue weighted by atomic mass is 9.86. The minimum atomic E-state index is -1.20. The second-order valence-electron chi connectivity index (χ2n) is 11.7. The summed E-state index contributed by atoms with van der Waals surface area (Å²) >= 11 is 0. The zero-order valence-electron chi connectivity index (χ0n) is 27.0. The van der Waals surface area contributed by atoms with Crippen LogP contribution in [0.3, 0.4) is 0 Å². The number of pyridine rings is 1. The zero-order valence-corrected chi connectivity index (χ0v) is 27.0. The van der Waals surface area contributed by atoms with Gasteiger partial charge in [0.05, 0.1) is 30.9 Å². The van der Waals surface area contributed by atoms with Crippen LogP contribution in [0.1, 0.15) is 48.5 Å². The molecule has 49 heavy (non-hydrogen) atoms. The fourth-order valence-corrected chi connectivity index (χ4v) is 5.86. The number of methoxy groups -OCH3 is 1. The first-order valence-corrected chi connectivity index (χ1v) is 15.9. The van der Waals surface area contributed by atoms with Crippen molar-refractivity contribution in [3.05, 3.63) is 101 Å².